The average molecular weight is 334 g/mol. The number of esters is 1. The van der Waals surface area contributed by atoms with Gasteiger partial charge in [-0.05, 0) is 40.9 Å². The minimum absolute atomic E-state index is 0.0518. The van der Waals surface area contributed by atoms with Crippen LogP contribution in [0.1, 0.15) is 65.5 Å². The second-order valence-corrected chi connectivity index (χ2v) is 8.74. The van der Waals surface area contributed by atoms with E-state index in [1.54, 1.807) is 6.07 Å². The first-order valence-corrected chi connectivity index (χ1v) is 8.41. The SMILES string of the molecule is CC(C)(C)Cc1cccc(OC(=O)CCC(=O)O)c1CC(C)(C)C. The van der Waals surface area contributed by atoms with Crippen molar-refractivity contribution < 1.29 is 19.4 Å². The van der Waals surface area contributed by atoms with Gasteiger partial charge in [0.2, 0.25) is 0 Å². The highest BCUT2D eigenvalue weighted by atomic mass is 16.5. The number of hydrogen-bond donors (Lipinski definition) is 1. The lowest BCUT2D eigenvalue weighted by atomic mass is 9.81. The molecule has 0 fully saturated rings. The Morgan fingerprint density at radius 3 is 2.04 bits per heavy atom. The van der Waals surface area contributed by atoms with Gasteiger partial charge in [0.25, 0.3) is 0 Å². The molecule has 0 aliphatic carbocycles. The van der Waals surface area contributed by atoms with E-state index in [0.29, 0.717) is 5.75 Å². The van der Waals surface area contributed by atoms with Crippen molar-refractivity contribution >= 4 is 11.9 Å². The summed E-state index contributed by atoms with van der Waals surface area (Å²) in [5.41, 5.74) is 2.40. The molecule has 0 amide bonds. The maximum Gasteiger partial charge on any atom is 0.311 e. The smallest absolute Gasteiger partial charge is 0.311 e. The summed E-state index contributed by atoms with van der Waals surface area (Å²) in [4.78, 5) is 22.6. The predicted octanol–water partition coefficient (Wildman–Crippen LogP) is 4.63. The number of benzene rings is 1. The van der Waals surface area contributed by atoms with E-state index in [1.807, 2.05) is 6.07 Å². The zero-order valence-electron chi connectivity index (χ0n) is 15.7. The van der Waals surface area contributed by atoms with Crippen LogP contribution in [-0.2, 0) is 22.4 Å². The van der Waals surface area contributed by atoms with E-state index in [2.05, 4.69) is 47.6 Å². The molecule has 0 bridgehead atoms. The van der Waals surface area contributed by atoms with Gasteiger partial charge in [-0.1, -0.05) is 53.7 Å². The Balaban J connectivity index is 3.11. The summed E-state index contributed by atoms with van der Waals surface area (Å²) in [6.45, 7) is 13.0. The fourth-order valence-electron chi connectivity index (χ4n) is 2.56. The van der Waals surface area contributed by atoms with Gasteiger partial charge in [0.1, 0.15) is 5.75 Å². The summed E-state index contributed by atoms with van der Waals surface area (Å²) in [5.74, 6) is -0.939. The van der Waals surface area contributed by atoms with Crippen LogP contribution < -0.4 is 4.74 Å². The lowest BCUT2D eigenvalue weighted by Gasteiger charge is -2.26. The van der Waals surface area contributed by atoms with Crippen LogP contribution in [0.3, 0.4) is 0 Å². The first-order chi connectivity index (χ1) is 10.9. The Labute approximate surface area is 145 Å². The summed E-state index contributed by atoms with van der Waals surface area (Å²) < 4.78 is 5.49. The highest BCUT2D eigenvalue weighted by Crippen LogP contribution is 2.33. The molecule has 0 saturated carbocycles. The molecular weight excluding hydrogens is 304 g/mol. The second kappa shape index (κ2) is 7.82. The molecule has 1 N–H and O–H groups in total. The Kier molecular flexibility index (Phi) is 6.58. The minimum atomic E-state index is -0.997. The van der Waals surface area contributed by atoms with E-state index in [0.717, 1.165) is 18.4 Å². The lowest BCUT2D eigenvalue weighted by molar-refractivity contribution is -0.142. The van der Waals surface area contributed by atoms with Gasteiger partial charge >= 0.3 is 11.9 Å². The number of ether oxygens (including phenoxy) is 1. The monoisotopic (exact) mass is 334 g/mol. The molecule has 0 aliphatic heterocycles. The molecule has 0 heterocycles. The first-order valence-electron chi connectivity index (χ1n) is 8.41. The maximum absolute atomic E-state index is 11.9. The summed E-state index contributed by atoms with van der Waals surface area (Å²) in [6.07, 6.45) is 1.35. The summed E-state index contributed by atoms with van der Waals surface area (Å²) >= 11 is 0. The van der Waals surface area contributed by atoms with Crippen LogP contribution in [0.5, 0.6) is 5.75 Å². The lowest BCUT2D eigenvalue weighted by Crippen LogP contribution is -2.18. The van der Waals surface area contributed by atoms with Crippen LogP contribution in [0, 0.1) is 10.8 Å². The number of rotatable bonds is 6. The minimum Gasteiger partial charge on any atom is -0.481 e. The van der Waals surface area contributed by atoms with Crippen molar-refractivity contribution in [2.45, 2.75) is 67.2 Å². The molecule has 0 spiro atoms. The van der Waals surface area contributed by atoms with Crippen LogP contribution in [0.4, 0.5) is 0 Å². The normalized spacial score (nSPS) is 12.1. The van der Waals surface area contributed by atoms with Gasteiger partial charge in [0, 0.05) is 0 Å². The molecule has 0 radical (unpaired) electrons. The van der Waals surface area contributed by atoms with Crippen LogP contribution in [-0.4, -0.2) is 17.0 Å². The van der Waals surface area contributed by atoms with Gasteiger partial charge in [0.05, 0.1) is 12.8 Å². The van der Waals surface area contributed by atoms with Crippen molar-refractivity contribution in [2.24, 2.45) is 10.8 Å². The van der Waals surface area contributed by atoms with Gasteiger partial charge in [0.15, 0.2) is 0 Å². The van der Waals surface area contributed by atoms with E-state index in [4.69, 9.17) is 9.84 Å². The molecule has 4 heteroatoms. The van der Waals surface area contributed by atoms with Crippen molar-refractivity contribution in [1.29, 1.82) is 0 Å². The van der Waals surface area contributed by atoms with Crippen LogP contribution in [0.2, 0.25) is 0 Å². The average Bonchev–Trinajstić information content (AvgIpc) is 2.37. The first kappa shape index (κ1) is 20.2. The molecule has 0 aromatic heterocycles. The van der Waals surface area contributed by atoms with E-state index in [-0.39, 0.29) is 23.7 Å². The fraction of sp³-hybridized carbons (Fsp3) is 0.600. The Morgan fingerprint density at radius 1 is 0.958 bits per heavy atom. The van der Waals surface area contributed by atoms with Crippen molar-refractivity contribution in [3.63, 3.8) is 0 Å². The van der Waals surface area contributed by atoms with Crippen molar-refractivity contribution in [3.8, 4) is 5.75 Å². The zero-order valence-corrected chi connectivity index (χ0v) is 15.7. The summed E-state index contributed by atoms with van der Waals surface area (Å²) in [6, 6.07) is 5.78. The third-order valence-electron chi connectivity index (χ3n) is 3.42. The van der Waals surface area contributed by atoms with E-state index >= 15 is 0 Å². The van der Waals surface area contributed by atoms with E-state index in [9.17, 15) is 9.59 Å². The van der Waals surface area contributed by atoms with Crippen molar-refractivity contribution in [2.75, 3.05) is 0 Å². The van der Waals surface area contributed by atoms with Crippen LogP contribution in [0.25, 0.3) is 0 Å². The van der Waals surface area contributed by atoms with Crippen LogP contribution >= 0.6 is 0 Å². The Bertz CT molecular complexity index is 589. The Morgan fingerprint density at radius 2 is 1.54 bits per heavy atom. The topological polar surface area (TPSA) is 63.6 Å². The van der Waals surface area contributed by atoms with Gasteiger partial charge in [-0.15, -0.1) is 0 Å². The highest BCUT2D eigenvalue weighted by molar-refractivity contribution is 5.78. The molecule has 0 atom stereocenters. The standard InChI is InChI=1S/C20H30O4/c1-19(2,3)12-14-8-7-9-16(15(14)13-20(4,5)6)24-18(23)11-10-17(21)22/h7-9H,10-13H2,1-6H3,(H,21,22). The highest BCUT2D eigenvalue weighted by Gasteiger charge is 2.22. The third-order valence-corrected chi connectivity index (χ3v) is 3.42. The van der Waals surface area contributed by atoms with Crippen molar-refractivity contribution in [1.82, 2.24) is 0 Å². The predicted molar refractivity (Wildman–Crippen MR) is 95.3 cm³/mol. The molecule has 134 valence electrons. The van der Waals surface area contributed by atoms with E-state index in [1.165, 1.54) is 5.56 Å². The largest absolute Gasteiger partial charge is 0.481 e. The summed E-state index contributed by atoms with van der Waals surface area (Å²) in [7, 11) is 0. The fourth-order valence-corrected chi connectivity index (χ4v) is 2.56. The molecule has 0 unspecified atom stereocenters. The second-order valence-electron chi connectivity index (χ2n) is 8.74. The number of carbonyl (C=O) groups excluding carboxylic acids is 1. The molecule has 0 saturated heterocycles. The number of carboxylic acids is 1. The van der Waals surface area contributed by atoms with Crippen LogP contribution in [0.15, 0.2) is 18.2 Å². The molecule has 1 aromatic rings. The molecular formula is C20H30O4. The van der Waals surface area contributed by atoms with Gasteiger partial charge < -0.3 is 9.84 Å². The summed E-state index contributed by atoms with van der Waals surface area (Å²) in [5, 5.41) is 8.70. The zero-order chi connectivity index (χ0) is 18.5. The number of carbonyl (C=O) groups is 2. The molecule has 1 rings (SSSR count). The molecule has 1 aromatic carbocycles. The molecule has 24 heavy (non-hydrogen) atoms. The molecule has 0 aliphatic rings. The number of aliphatic carboxylic acids is 1. The van der Waals surface area contributed by atoms with E-state index < -0.39 is 11.9 Å². The maximum atomic E-state index is 11.9. The third kappa shape index (κ3) is 7.62. The van der Waals surface area contributed by atoms with Gasteiger partial charge in [-0.25, -0.2) is 0 Å². The molecule has 4 nitrogen and oxygen atoms in total. The quantitative estimate of drug-likeness (QED) is 0.608. The van der Waals surface area contributed by atoms with Gasteiger partial charge in [-0.3, -0.25) is 9.59 Å². The Hall–Kier alpha value is -1.84. The number of carboxylic acid groups (broad SMARTS) is 1. The number of hydrogen-bond acceptors (Lipinski definition) is 3. The van der Waals surface area contributed by atoms with Crippen molar-refractivity contribution in [3.05, 3.63) is 29.3 Å². The van der Waals surface area contributed by atoms with Gasteiger partial charge in [-0.2, -0.15) is 0 Å².